The summed E-state index contributed by atoms with van der Waals surface area (Å²) >= 11 is 0. The van der Waals surface area contributed by atoms with E-state index in [0.717, 1.165) is 6.08 Å². The second-order valence-electron chi connectivity index (χ2n) is 1.33. The van der Waals surface area contributed by atoms with Crippen LogP contribution in [-0.4, -0.2) is 18.8 Å². The largest absolute Gasteiger partial charge is 0.384 e. The van der Waals surface area contributed by atoms with Gasteiger partial charge in [0.2, 0.25) is 5.97 Å². The number of hydrogen-bond acceptors (Lipinski definition) is 2. The van der Waals surface area contributed by atoms with Gasteiger partial charge in [0, 0.05) is 7.05 Å². The first-order valence-electron chi connectivity index (χ1n) is 2.31. The van der Waals surface area contributed by atoms with Crippen molar-refractivity contribution in [2.24, 2.45) is 10.7 Å². The molecule has 0 radical (unpaired) electrons. The lowest BCUT2D eigenvalue weighted by Crippen LogP contribution is -2.06. The van der Waals surface area contributed by atoms with Gasteiger partial charge in [-0.25, -0.2) is 0 Å². The summed E-state index contributed by atoms with van der Waals surface area (Å²) in [5.74, 6) is -0.820. The summed E-state index contributed by atoms with van der Waals surface area (Å²) in [5, 5.41) is 6.30. The van der Waals surface area contributed by atoms with Crippen molar-refractivity contribution in [1.29, 1.82) is 5.41 Å². The molecule has 0 aliphatic rings. The van der Waals surface area contributed by atoms with Gasteiger partial charge in [-0.2, -0.15) is 4.39 Å². The van der Waals surface area contributed by atoms with Gasteiger partial charge in [-0.15, -0.1) is 0 Å². The zero-order valence-corrected chi connectivity index (χ0v) is 5.06. The predicted octanol–water partition coefficient (Wildman–Crippen LogP) is 0.476. The molecule has 0 amide bonds. The summed E-state index contributed by atoms with van der Waals surface area (Å²) in [6, 6.07) is 0. The molecule has 0 heterocycles. The molecule has 0 aromatic carbocycles. The van der Waals surface area contributed by atoms with Crippen LogP contribution in [0, 0.1) is 5.41 Å². The van der Waals surface area contributed by atoms with E-state index in [0.29, 0.717) is 0 Å². The predicted molar refractivity (Wildman–Crippen MR) is 35.5 cm³/mol. The average Bonchev–Trinajstić information content (AvgIpc) is 1.83. The number of allylic oxidation sites excluding steroid dienone is 1. The Morgan fingerprint density at radius 1 is 1.67 bits per heavy atom. The van der Waals surface area contributed by atoms with E-state index in [2.05, 4.69) is 4.99 Å². The highest BCUT2D eigenvalue weighted by Gasteiger charge is 1.82. The number of amidine groups is 1. The first-order valence-corrected chi connectivity index (χ1v) is 2.31. The van der Waals surface area contributed by atoms with Crippen LogP contribution in [0.2, 0.25) is 0 Å². The van der Waals surface area contributed by atoms with Crippen molar-refractivity contribution in [2.45, 2.75) is 0 Å². The van der Waals surface area contributed by atoms with Crippen LogP contribution >= 0.6 is 0 Å². The van der Waals surface area contributed by atoms with E-state index < -0.39 is 5.97 Å². The molecule has 0 aliphatic carbocycles. The van der Waals surface area contributed by atoms with Crippen molar-refractivity contribution >= 4 is 11.8 Å². The van der Waals surface area contributed by atoms with E-state index in [-0.39, 0.29) is 5.84 Å². The Bertz CT molecular complexity index is 160. The van der Waals surface area contributed by atoms with Crippen LogP contribution in [0.1, 0.15) is 0 Å². The number of nitrogens with two attached hydrogens (primary N) is 1. The van der Waals surface area contributed by atoms with Crippen LogP contribution in [0.5, 0.6) is 0 Å². The van der Waals surface area contributed by atoms with Crippen LogP contribution in [0.4, 0.5) is 4.39 Å². The molecule has 3 N–H and O–H groups in total. The van der Waals surface area contributed by atoms with Gasteiger partial charge < -0.3 is 5.73 Å². The maximum atomic E-state index is 11.6. The number of halogens is 1. The fraction of sp³-hybridized carbons (Fsp3) is 0.200. The van der Waals surface area contributed by atoms with Gasteiger partial charge in [-0.3, -0.25) is 10.4 Å². The molecule has 0 aliphatic heterocycles. The Morgan fingerprint density at radius 2 is 2.22 bits per heavy atom. The molecule has 50 valence electrons. The molecule has 9 heavy (non-hydrogen) atoms. The van der Waals surface area contributed by atoms with Crippen molar-refractivity contribution in [2.75, 3.05) is 7.05 Å². The lowest BCUT2D eigenvalue weighted by atomic mass is 10.5. The maximum absolute atomic E-state index is 11.6. The van der Waals surface area contributed by atoms with Gasteiger partial charge in [0.05, 0.1) is 0 Å². The molecule has 0 unspecified atom stereocenters. The summed E-state index contributed by atoms with van der Waals surface area (Å²) in [6.07, 6.45) is 2.16. The molecule has 3 nitrogen and oxygen atoms in total. The topological polar surface area (TPSA) is 62.2 Å². The minimum atomic E-state index is -1.03. The van der Waals surface area contributed by atoms with Crippen LogP contribution < -0.4 is 5.73 Å². The third kappa shape index (κ3) is 4.67. The van der Waals surface area contributed by atoms with Gasteiger partial charge in [0.1, 0.15) is 5.84 Å². The highest BCUT2D eigenvalue weighted by molar-refractivity contribution is 5.97. The van der Waals surface area contributed by atoms with E-state index in [4.69, 9.17) is 11.1 Å². The minimum Gasteiger partial charge on any atom is -0.384 e. The van der Waals surface area contributed by atoms with Gasteiger partial charge in [-0.05, 0) is 12.2 Å². The van der Waals surface area contributed by atoms with E-state index in [1.807, 2.05) is 0 Å². The minimum absolute atomic E-state index is 0.206. The molecule has 0 aromatic rings. The molecule has 0 fully saturated rings. The zero-order valence-electron chi connectivity index (χ0n) is 5.06. The standard InChI is InChI=1S/C5H8FN3/c1-9-5(8)3-2-4(6)7/h2-3,7H,1H3,(H2,8,9)/b3-2-,7-4?. The highest BCUT2D eigenvalue weighted by Crippen LogP contribution is 1.77. The van der Waals surface area contributed by atoms with Crippen LogP contribution in [0.15, 0.2) is 17.1 Å². The maximum Gasteiger partial charge on any atom is 0.205 e. The SMILES string of the molecule is CN=C(N)/C=C\C(=N)F. The summed E-state index contributed by atoms with van der Waals surface area (Å²) in [5.41, 5.74) is 5.12. The normalized spacial score (nSPS) is 12.4. The summed E-state index contributed by atoms with van der Waals surface area (Å²) < 4.78 is 11.6. The first-order chi connectivity index (χ1) is 4.16. The molecule has 0 spiro atoms. The highest BCUT2D eigenvalue weighted by atomic mass is 19.1. The Hall–Kier alpha value is -1.19. The fourth-order valence-corrected chi connectivity index (χ4v) is 0.233. The van der Waals surface area contributed by atoms with Crippen LogP contribution in [-0.2, 0) is 0 Å². The van der Waals surface area contributed by atoms with Gasteiger partial charge >= 0.3 is 0 Å². The monoisotopic (exact) mass is 129 g/mol. The second kappa shape index (κ2) is 3.77. The Kier molecular flexibility index (Phi) is 3.27. The van der Waals surface area contributed by atoms with Crippen LogP contribution in [0.3, 0.4) is 0 Å². The second-order valence-corrected chi connectivity index (χ2v) is 1.33. The molecule has 0 saturated heterocycles. The number of nitrogens with zero attached hydrogens (tertiary/aromatic N) is 1. The quantitative estimate of drug-likeness (QED) is 0.413. The number of rotatable bonds is 2. The van der Waals surface area contributed by atoms with E-state index in [1.165, 1.54) is 13.1 Å². The molecule has 0 atom stereocenters. The van der Waals surface area contributed by atoms with Gasteiger partial charge in [0.15, 0.2) is 0 Å². The molecule has 0 saturated carbocycles. The Labute approximate surface area is 52.6 Å². The lowest BCUT2D eigenvalue weighted by Gasteiger charge is -1.83. The van der Waals surface area contributed by atoms with E-state index >= 15 is 0 Å². The Balaban J connectivity index is 3.86. The zero-order chi connectivity index (χ0) is 7.28. The van der Waals surface area contributed by atoms with Crippen molar-refractivity contribution < 1.29 is 4.39 Å². The summed E-state index contributed by atoms with van der Waals surface area (Å²) in [4.78, 5) is 3.50. The molecule has 4 heteroatoms. The Morgan fingerprint density at radius 3 is 2.56 bits per heavy atom. The summed E-state index contributed by atoms with van der Waals surface area (Å²) in [6.45, 7) is 0. The number of aliphatic imine (C=N–C) groups is 1. The molecule has 0 aromatic heterocycles. The third-order valence-corrected chi connectivity index (χ3v) is 0.659. The van der Waals surface area contributed by atoms with E-state index in [9.17, 15) is 4.39 Å². The summed E-state index contributed by atoms with van der Waals surface area (Å²) in [7, 11) is 1.49. The smallest absolute Gasteiger partial charge is 0.205 e. The molecule has 0 rings (SSSR count). The van der Waals surface area contributed by atoms with Gasteiger partial charge in [0.25, 0.3) is 0 Å². The molecular weight excluding hydrogens is 121 g/mol. The number of hydrogen-bond donors (Lipinski definition) is 2. The molecule has 0 bridgehead atoms. The third-order valence-electron chi connectivity index (χ3n) is 0.659. The van der Waals surface area contributed by atoms with Crippen molar-refractivity contribution in [3.63, 3.8) is 0 Å². The van der Waals surface area contributed by atoms with Crippen LogP contribution in [0.25, 0.3) is 0 Å². The molecular formula is C5H8FN3. The first kappa shape index (κ1) is 7.81. The van der Waals surface area contributed by atoms with E-state index in [1.54, 1.807) is 0 Å². The average molecular weight is 129 g/mol. The fourth-order valence-electron chi connectivity index (χ4n) is 0.233. The number of nitrogens with one attached hydrogen (secondary N) is 1. The van der Waals surface area contributed by atoms with Gasteiger partial charge in [-0.1, -0.05) is 0 Å². The lowest BCUT2D eigenvalue weighted by molar-refractivity contribution is 0.804. The van der Waals surface area contributed by atoms with Crippen molar-refractivity contribution in [1.82, 2.24) is 0 Å². The van der Waals surface area contributed by atoms with Crippen molar-refractivity contribution in [3.05, 3.63) is 12.2 Å². The van der Waals surface area contributed by atoms with Crippen molar-refractivity contribution in [3.8, 4) is 0 Å².